The molecule has 5 aromatic rings. The van der Waals surface area contributed by atoms with Crippen LogP contribution in [0.5, 0.6) is 11.5 Å². The van der Waals surface area contributed by atoms with Gasteiger partial charge < -0.3 is 29.6 Å². The number of rotatable bonds is 14. The van der Waals surface area contributed by atoms with Crippen LogP contribution in [0.2, 0.25) is 0 Å². The number of aryl methyl sites for hydroxylation is 1. The largest absolute Gasteiger partial charge is 0.455 e. The molecule has 15 nitrogen and oxygen atoms in total. The van der Waals surface area contributed by atoms with Gasteiger partial charge in [-0.2, -0.15) is 13.2 Å². The third-order valence-corrected chi connectivity index (χ3v) is 14.6. The van der Waals surface area contributed by atoms with Crippen molar-refractivity contribution in [2.75, 3.05) is 74.9 Å². The first-order chi connectivity index (χ1) is 32.2. The van der Waals surface area contributed by atoms with E-state index in [1.807, 2.05) is 6.07 Å². The van der Waals surface area contributed by atoms with E-state index in [0.29, 0.717) is 69.4 Å². The molecule has 2 aromatic heterocycles. The Morgan fingerprint density at radius 3 is 2.53 bits per heavy atom. The quantitative estimate of drug-likeness (QED) is 0.0615. The van der Waals surface area contributed by atoms with E-state index in [9.17, 15) is 41.3 Å². The fourth-order valence-electron chi connectivity index (χ4n) is 9.22. The number of ether oxygens (including phenoxy) is 2. The summed E-state index contributed by atoms with van der Waals surface area (Å²) >= 11 is 0. The summed E-state index contributed by atoms with van der Waals surface area (Å²) in [7, 11) is -4.42. The maximum atomic E-state index is 14.1. The van der Waals surface area contributed by atoms with Gasteiger partial charge in [0, 0.05) is 88.7 Å². The number of hydrogen-bond donors (Lipinski definition) is 2. The molecule has 1 aliphatic carbocycles. The molecule has 3 aromatic carbocycles. The number of nitro benzene ring substituents is 1. The van der Waals surface area contributed by atoms with Crippen LogP contribution in [0.25, 0.3) is 16.6 Å². The fraction of sp³-hybridized carbons (Fsp3) is 0.408. The number of nitrogens with zero attached hydrogens (tertiary/aromatic N) is 5. The lowest BCUT2D eigenvalue weighted by atomic mass is 9.72. The Balaban J connectivity index is 0.997. The summed E-state index contributed by atoms with van der Waals surface area (Å²) in [6.07, 6.45) is 0.936. The number of hydrogen-bond acceptors (Lipinski definition) is 12. The van der Waals surface area contributed by atoms with Crippen molar-refractivity contribution in [2.24, 2.45) is 5.41 Å². The van der Waals surface area contributed by atoms with E-state index in [1.54, 1.807) is 42.3 Å². The minimum Gasteiger partial charge on any atom is -0.455 e. The summed E-state index contributed by atoms with van der Waals surface area (Å²) in [6.45, 7) is 12.0. The SMILES string of the molecule is CC(=O)N1CCO[C@@H](CNc2ccc(S(=O)(=O)CC(=O)c3ccc(N4CCN(CC5=C(c6ccc(C(F)(F)F)cc6C)CC(C)(C)CC5)CC4)cc3Oc3cnc4[nH]ccc4c3)cc2[N+](=O)[O-])C1. The van der Waals surface area contributed by atoms with Gasteiger partial charge in [-0.25, -0.2) is 13.4 Å². The normalized spacial score (nSPS) is 18.2. The van der Waals surface area contributed by atoms with Crippen molar-refractivity contribution in [3.8, 4) is 11.5 Å². The Morgan fingerprint density at radius 1 is 1.03 bits per heavy atom. The number of anilines is 2. The van der Waals surface area contributed by atoms with Gasteiger partial charge in [-0.1, -0.05) is 25.5 Å². The summed E-state index contributed by atoms with van der Waals surface area (Å²) in [4.78, 5) is 50.6. The highest BCUT2D eigenvalue weighted by molar-refractivity contribution is 7.92. The van der Waals surface area contributed by atoms with Crippen LogP contribution in [0.4, 0.5) is 30.2 Å². The second kappa shape index (κ2) is 19.4. The van der Waals surface area contributed by atoms with Gasteiger partial charge in [0.05, 0.1) is 39.9 Å². The van der Waals surface area contributed by atoms with Crippen molar-refractivity contribution in [1.82, 2.24) is 19.8 Å². The average Bonchev–Trinajstić information content (AvgIpc) is 3.77. The highest BCUT2D eigenvalue weighted by Crippen LogP contribution is 2.45. The van der Waals surface area contributed by atoms with Gasteiger partial charge >= 0.3 is 6.18 Å². The number of H-pyrrole nitrogens is 1. The first kappa shape index (κ1) is 48.2. The smallest absolute Gasteiger partial charge is 0.416 e. The van der Waals surface area contributed by atoms with Crippen LogP contribution in [0.1, 0.15) is 67.1 Å². The van der Waals surface area contributed by atoms with Crippen LogP contribution < -0.4 is 15.0 Å². The summed E-state index contributed by atoms with van der Waals surface area (Å²) < 4.78 is 80.4. The van der Waals surface area contributed by atoms with E-state index in [2.05, 4.69) is 38.9 Å². The molecule has 0 saturated carbocycles. The van der Waals surface area contributed by atoms with Crippen LogP contribution >= 0.6 is 0 Å². The van der Waals surface area contributed by atoms with E-state index >= 15 is 0 Å². The Labute approximate surface area is 392 Å². The van der Waals surface area contributed by atoms with Gasteiger partial charge in [0.15, 0.2) is 15.6 Å². The number of sulfone groups is 1. The molecule has 19 heteroatoms. The number of aromatic nitrogens is 2. The Bertz CT molecular complexity index is 2890. The Kier molecular flexibility index (Phi) is 13.7. The molecule has 0 spiro atoms. The third kappa shape index (κ3) is 11.0. The summed E-state index contributed by atoms with van der Waals surface area (Å²) in [5, 5.41) is 15.9. The van der Waals surface area contributed by atoms with Crippen molar-refractivity contribution in [1.29, 1.82) is 0 Å². The van der Waals surface area contributed by atoms with Crippen molar-refractivity contribution < 1.29 is 45.6 Å². The molecule has 2 fully saturated rings. The number of fused-ring (bicyclic) bond motifs is 1. The number of benzene rings is 3. The number of allylic oxidation sites excluding steroid dienone is 1. The number of Topliss-reactive ketones (excluding diaryl/α,β-unsaturated/α-hetero) is 1. The molecule has 68 heavy (non-hydrogen) atoms. The highest BCUT2D eigenvalue weighted by Gasteiger charge is 2.34. The van der Waals surface area contributed by atoms with E-state index in [1.165, 1.54) is 49.0 Å². The number of carbonyl (C=O) groups excluding carboxylic acids is 2. The topological polar surface area (TPSA) is 180 Å². The number of morpholine rings is 1. The second-order valence-electron chi connectivity index (χ2n) is 18.5. The van der Waals surface area contributed by atoms with Gasteiger partial charge in [-0.15, -0.1) is 0 Å². The first-order valence-corrected chi connectivity index (χ1v) is 24.1. The lowest BCUT2D eigenvalue weighted by Crippen LogP contribution is -2.47. The zero-order chi connectivity index (χ0) is 48.5. The van der Waals surface area contributed by atoms with Crippen LogP contribution in [0.3, 0.4) is 0 Å². The fourth-order valence-corrected chi connectivity index (χ4v) is 10.5. The molecule has 2 aliphatic heterocycles. The number of piperazine rings is 1. The minimum absolute atomic E-state index is 0.00522. The summed E-state index contributed by atoms with van der Waals surface area (Å²) in [5.74, 6) is -1.49. The lowest BCUT2D eigenvalue weighted by molar-refractivity contribution is -0.384. The van der Waals surface area contributed by atoms with E-state index in [-0.39, 0.29) is 34.9 Å². The summed E-state index contributed by atoms with van der Waals surface area (Å²) in [5.41, 5.74) is 4.06. The van der Waals surface area contributed by atoms with E-state index in [0.717, 1.165) is 47.5 Å². The van der Waals surface area contributed by atoms with Crippen LogP contribution in [0.15, 0.2) is 89.6 Å². The molecule has 0 bridgehead atoms. The minimum atomic E-state index is -4.42. The average molecular weight is 958 g/mol. The van der Waals surface area contributed by atoms with Gasteiger partial charge in [0.25, 0.3) is 5.69 Å². The molecular formula is C49H54F3N7O8S. The first-order valence-electron chi connectivity index (χ1n) is 22.5. The Hall–Kier alpha value is -6.31. The van der Waals surface area contributed by atoms with Crippen molar-refractivity contribution in [3.05, 3.63) is 117 Å². The lowest BCUT2D eigenvalue weighted by Gasteiger charge is -2.39. The third-order valence-electron chi connectivity index (χ3n) is 13.0. The number of halogens is 3. The zero-order valence-electron chi connectivity index (χ0n) is 38.3. The molecule has 1 amide bonds. The van der Waals surface area contributed by atoms with Crippen LogP contribution in [-0.4, -0.2) is 116 Å². The number of nitrogens with one attached hydrogen (secondary N) is 2. The highest BCUT2D eigenvalue weighted by atomic mass is 32.2. The van der Waals surface area contributed by atoms with E-state index in [4.69, 9.17) is 9.47 Å². The number of alkyl halides is 3. The maximum Gasteiger partial charge on any atom is 0.416 e. The van der Waals surface area contributed by atoms with Gasteiger partial charge in [0.2, 0.25) is 5.91 Å². The number of nitro groups is 1. The van der Waals surface area contributed by atoms with Crippen molar-refractivity contribution >= 4 is 55.2 Å². The molecule has 360 valence electrons. The molecule has 1 atom stereocenters. The monoisotopic (exact) mass is 957 g/mol. The van der Waals surface area contributed by atoms with Gasteiger partial charge in [-0.3, -0.25) is 24.6 Å². The number of ketones is 1. The zero-order valence-corrected chi connectivity index (χ0v) is 39.1. The molecule has 0 unspecified atom stereocenters. The molecular weight excluding hydrogens is 904 g/mol. The number of aromatic amines is 1. The summed E-state index contributed by atoms with van der Waals surface area (Å²) in [6, 6.07) is 16.0. The molecule has 8 rings (SSSR count). The second-order valence-corrected chi connectivity index (χ2v) is 20.5. The van der Waals surface area contributed by atoms with Crippen molar-refractivity contribution in [2.45, 2.75) is 64.1 Å². The molecule has 0 radical (unpaired) electrons. The maximum absolute atomic E-state index is 14.1. The number of pyridine rings is 1. The molecule has 4 heterocycles. The van der Waals surface area contributed by atoms with Crippen molar-refractivity contribution in [3.63, 3.8) is 0 Å². The predicted octanol–water partition coefficient (Wildman–Crippen LogP) is 8.69. The standard InChI is InChI=1S/C49H54F3N7O8S/c1-31-21-35(49(50,51)52)5-8-40(31)42-25-48(3,4)13-11-34(42)28-56-15-17-57(18-16-56)36-6-9-41(46(23-36)67-37-22-33-12-14-53-47(33)55-26-37)45(61)30-68(64,65)39-7-10-43(44(24-39)59(62)63)54-27-38-29-58(32(2)60)19-20-66-38/h5-10,12,14,21-24,26,38,54H,11,13,15-20,25,27-30H2,1-4H3,(H,53,55)/t38-/m0/s1. The van der Waals surface area contributed by atoms with Gasteiger partial charge in [0.1, 0.15) is 28.6 Å². The number of carbonyl (C=O) groups is 2. The van der Waals surface area contributed by atoms with E-state index < -0.39 is 54.7 Å². The van der Waals surface area contributed by atoms with Crippen LogP contribution in [0, 0.1) is 22.5 Å². The molecule has 2 N–H and O–H groups in total. The van der Waals surface area contributed by atoms with Crippen LogP contribution in [-0.2, 0) is 25.5 Å². The number of amides is 1. The molecule has 2 saturated heterocycles. The van der Waals surface area contributed by atoms with Gasteiger partial charge in [-0.05, 0) is 96.8 Å². The molecule has 3 aliphatic rings. The Morgan fingerprint density at radius 2 is 1.81 bits per heavy atom. The predicted molar refractivity (Wildman–Crippen MR) is 252 cm³/mol.